The average Bonchev–Trinajstić information content (AvgIpc) is 2.74. The van der Waals surface area contributed by atoms with Crippen molar-refractivity contribution in [2.45, 2.75) is 81.9 Å². The summed E-state index contributed by atoms with van der Waals surface area (Å²) in [6.07, 6.45) is 11.6. The van der Waals surface area contributed by atoms with Crippen molar-refractivity contribution in [2.75, 3.05) is 13.7 Å². The van der Waals surface area contributed by atoms with Crippen LogP contribution in [0.3, 0.4) is 0 Å². The van der Waals surface area contributed by atoms with Crippen LogP contribution >= 0.6 is 0 Å². The van der Waals surface area contributed by atoms with E-state index in [2.05, 4.69) is 10.6 Å². The summed E-state index contributed by atoms with van der Waals surface area (Å²) in [5.74, 6) is 3.26. The van der Waals surface area contributed by atoms with Crippen molar-refractivity contribution < 1.29 is 19.1 Å². The van der Waals surface area contributed by atoms with Gasteiger partial charge in [-0.05, 0) is 106 Å². The number of rotatable bonds is 7. The van der Waals surface area contributed by atoms with E-state index in [1.807, 2.05) is 12.1 Å². The van der Waals surface area contributed by atoms with Crippen LogP contribution in [-0.2, 0) is 4.74 Å². The lowest BCUT2D eigenvalue weighted by Gasteiger charge is -2.56. The third-order valence-electron chi connectivity index (χ3n) is 8.18. The minimum absolute atomic E-state index is 0.0301. The topological polar surface area (TPSA) is 76.7 Å². The van der Waals surface area contributed by atoms with Gasteiger partial charge in [0.1, 0.15) is 12.4 Å². The number of carbonyl (C=O) groups excluding carboxylic acids is 2. The van der Waals surface area contributed by atoms with E-state index in [1.165, 1.54) is 45.6 Å². The van der Waals surface area contributed by atoms with Gasteiger partial charge >= 0.3 is 6.03 Å². The van der Waals surface area contributed by atoms with Gasteiger partial charge in [0.15, 0.2) is 5.78 Å². The van der Waals surface area contributed by atoms with Crippen LogP contribution in [0.25, 0.3) is 0 Å². The molecule has 0 aromatic heterocycles. The lowest BCUT2D eigenvalue weighted by molar-refractivity contribution is -0.0138. The van der Waals surface area contributed by atoms with Gasteiger partial charge in [-0.2, -0.15) is 0 Å². The average molecular weight is 441 g/mol. The third-order valence-corrected chi connectivity index (χ3v) is 8.18. The minimum Gasteiger partial charge on any atom is -0.490 e. The molecule has 174 valence electrons. The molecule has 0 atom stereocenters. The van der Waals surface area contributed by atoms with E-state index in [4.69, 9.17) is 9.47 Å². The zero-order valence-corrected chi connectivity index (χ0v) is 19.1. The smallest absolute Gasteiger partial charge is 0.315 e. The highest BCUT2D eigenvalue weighted by Gasteiger charge is 2.51. The maximum atomic E-state index is 12.8. The Morgan fingerprint density at radius 2 is 1.53 bits per heavy atom. The van der Waals surface area contributed by atoms with Crippen LogP contribution in [0.15, 0.2) is 24.3 Å². The molecule has 0 unspecified atom stereocenters. The van der Waals surface area contributed by atoms with Gasteiger partial charge < -0.3 is 20.1 Å². The summed E-state index contributed by atoms with van der Waals surface area (Å²) in [6.45, 7) is 0.0909. The summed E-state index contributed by atoms with van der Waals surface area (Å²) in [5, 5.41) is 6.68. The summed E-state index contributed by atoms with van der Waals surface area (Å²) in [7, 11) is 1.52. The maximum absolute atomic E-state index is 12.8. The van der Waals surface area contributed by atoms with E-state index in [9.17, 15) is 9.59 Å². The highest BCUT2D eigenvalue weighted by Crippen LogP contribution is 2.55. The Balaban J connectivity index is 1.06. The van der Waals surface area contributed by atoms with Crippen molar-refractivity contribution >= 4 is 11.8 Å². The molecule has 0 spiro atoms. The molecule has 1 aromatic rings. The summed E-state index contributed by atoms with van der Waals surface area (Å²) >= 11 is 0. The summed E-state index contributed by atoms with van der Waals surface area (Å²) in [6, 6.07) is 7.54. The molecular formula is C26H36N2O4. The molecule has 0 radical (unpaired) electrons. The Kier molecular flexibility index (Phi) is 6.15. The SMILES string of the molecule is COCC(=O)c1ccc(O[C@H]2CC[C@H](NC(=O)NC34CC5CC(CC(C5)C3)C4)CC2)cc1. The number of methoxy groups -OCH3 is 1. The van der Waals surface area contributed by atoms with Crippen molar-refractivity contribution in [2.24, 2.45) is 17.8 Å². The Morgan fingerprint density at radius 1 is 0.938 bits per heavy atom. The van der Waals surface area contributed by atoms with Crippen molar-refractivity contribution in [3.63, 3.8) is 0 Å². The molecule has 0 heterocycles. The highest BCUT2D eigenvalue weighted by molar-refractivity contribution is 5.97. The Morgan fingerprint density at radius 3 is 2.09 bits per heavy atom. The molecule has 5 saturated carbocycles. The van der Waals surface area contributed by atoms with Gasteiger partial charge in [-0.1, -0.05) is 0 Å². The highest BCUT2D eigenvalue weighted by atomic mass is 16.5. The fourth-order valence-electron chi connectivity index (χ4n) is 7.18. The van der Waals surface area contributed by atoms with Gasteiger partial charge in [0, 0.05) is 24.3 Å². The number of hydrogen-bond donors (Lipinski definition) is 2. The molecule has 1 aromatic carbocycles. The van der Waals surface area contributed by atoms with Gasteiger partial charge in [-0.15, -0.1) is 0 Å². The van der Waals surface area contributed by atoms with Crippen LogP contribution in [0, 0.1) is 17.8 Å². The fourth-order valence-corrected chi connectivity index (χ4v) is 7.18. The van der Waals surface area contributed by atoms with Crippen molar-refractivity contribution in [3.8, 4) is 5.75 Å². The van der Waals surface area contributed by atoms with Crippen LogP contribution < -0.4 is 15.4 Å². The summed E-state index contributed by atoms with van der Waals surface area (Å²) < 4.78 is 11.0. The molecular weight excluding hydrogens is 404 g/mol. The van der Waals surface area contributed by atoms with Gasteiger partial charge in [0.05, 0.1) is 6.10 Å². The monoisotopic (exact) mass is 440 g/mol. The number of nitrogens with one attached hydrogen (secondary N) is 2. The van der Waals surface area contributed by atoms with Crippen LogP contribution in [0.4, 0.5) is 4.79 Å². The second-order valence-electron chi connectivity index (χ2n) is 10.8. The van der Waals surface area contributed by atoms with E-state index < -0.39 is 0 Å². The van der Waals surface area contributed by atoms with Crippen molar-refractivity contribution in [1.82, 2.24) is 10.6 Å². The van der Waals surface area contributed by atoms with E-state index in [0.29, 0.717) is 5.56 Å². The van der Waals surface area contributed by atoms with Crippen LogP contribution in [0.5, 0.6) is 5.75 Å². The van der Waals surface area contributed by atoms with Crippen LogP contribution in [0.2, 0.25) is 0 Å². The van der Waals surface area contributed by atoms with Gasteiger partial charge in [0.25, 0.3) is 0 Å². The number of benzene rings is 1. The van der Waals surface area contributed by atoms with Crippen molar-refractivity contribution in [1.29, 1.82) is 0 Å². The molecule has 5 aliphatic carbocycles. The Bertz CT molecular complexity index is 793. The normalized spacial score (nSPS) is 35.3. The lowest BCUT2D eigenvalue weighted by atomic mass is 9.53. The zero-order valence-electron chi connectivity index (χ0n) is 19.1. The number of amides is 2. The van der Waals surface area contributed by atoms with Gasteiger partial charge in [-0.3, -0.25) is 4.79 Å². The predicted molar refractivity (Wildman–Crippen MR) is 122 cm³/mol. The summed E-state index contributed by atoms with van der Waals surface area (Å²) in [4.78, 5) is 24.7. The Labute approximate surface area is 190 Å². The van der Waals surface area contributed by atoms with Gasteiger partial charge in [0.2, 0.25) is 0 Å². The predicted octanol–water partition coefficient (Wildman–Crippen LogP) is 4.47. The molecule has 32 heavy (non-hydrogen) atoms. The first kappa shape index (κ1) is 21.7. The Hall–Kier alpha value is -2.08. The first-order valence-corrected chi connectivity index (χ1v) is 12.4. The number of hydrogen-bond acceptors (Lipinski definition) is 4. The number of carbonyl (C=O) groups is 2. The second kappa shape index (κ2) is 9.05. The first-order chi connectivity index (χ1) is 15.5. The number of ether oxygens (including phenoxy) is 2. The molecule has 0 saturated heterocycles. The van der Waals surface area contributed by atoms with Crippen LogP contribution in [-0.4, -0.2) is 43.2 Å². The maximum Gasteiger partial charge on any atom is 0.315 e. The molecule has 0 aliphatic heterocycles. The van der Waals surface area contributed by atoms with Crippen LogP contribution in [0.1, 0.15) is 74.6 Å². The van der Waals surface area contributed by atoms with E-state index in [1.54, 1.807) is 12.1 Å². The minimum atomic E-state index is -0.0301. The molecule has 4 bridgehead atoms. The van der Waals surface area contributed by atoms with E-state index >= 15 is 0 Å². The first-order valence-electron chi connectivity index (χ1n) is 12.4. The molecule has 5 aliphatic rings. The lowest BCUT2D eigenvalue weighted by Crippen LogP contribution is -2.62. The number of urea groups is 1. The molecule has 6 rings (SSSR count). The molecule has 6 heteroatoms. The van der Waals surface area contributed by atoms with Gasteiger partial charge in [-0.25, -0.2) is 4.79 Å². The van der Waals surface area contributed by atoms with E-state index in [-0.39, 0.29) is 36.1 Å². The molecule has 2 N–H and O–H groups in total. The number of ketones is 1. The zero-order chi connectivity index (χ0) is 22.1. The largest absolute Gasteiger partial charge is 0.490 e. The second-order valence-corrected chi connectivity index (χ2v) is 10.8. The van der Waals surface area contributed by atoms with Crippen molar-refractivity contribution in [3.05, 3.63) is 29.8 Å². The third kappa shape index (κ3) is 4.80. The molecule has 2 amide bonds. The fraction of sp³-hybridized carbons (Fsp3) is 0.692. The number of Topliss-reactive ketones (excluding diaryl/α,β-unsaturated/α-hetero) is 1. The quantitative estimate of drug-likeness (QED) is 0.613. The standard InChI is InChI=1S/C26H36N2O4/c1-31-16-24(29)20-2-6-22(7-3-20)32-23-8-4-21(5-9-23)27-25(30)28-26-13-17-10-18(14-26)12-19(11-17)15-26/h2-3,6-7,17-19,21,23H,4-5,8-16H2,1H3,(H2,27,28,30)/t17?,18?,19?,21-,23-,26?. The molecule has 6 nitrogen and oxygen atoms in total. The van der Waals surface area contributed by atoms with E-state index in [0.717, 1.165) is 49.2 Å². The molecule has 5 fully saturated rings. The summed E-state index contributed by atoms with van der Waals surface area (Å²) in [5.41, 5.74) is 0.702.